The van der Waals surface area contributed by atoms with Crippen LogP contribution in [-0.2, 0) is 9.59 Å². The van der Waals surface area contributed by atoms with E-state index in [0.717, 1.165) is 24.0 Å². The second kappa shape index (κ2) is 10.5. The number of hydrogen-bond acceptors (Lipinski definition) is 6. The molecule has 2 aromatic rings. The maximum Gasteiger partial charge on any atom is 0.244 e. The van der Waals surface area contributed by atoms with Gasteiger partial charge in [0, 0.05) is 24.7 Å². The van der Waals surface area contributed by atoms with Gasteiger partial charge in [0.2, 0.25) is 11.8 Å². The Morgan fingerprint density at radius 1 is 0.771 bits per heavy atom. The zero-order chi connectivity index (χ0) is 24.0. The number of amides is 2. The van der Waals surface area contributed by atoms with Gasteiger partial charge in [-0.05, 0) is 66.3 Å². The Bertz CT molecular complexity index is 1150. The van der Waals surface area contributed by atoms with Crippen LogP contribution in [0.25, 0.3) is 12.2 Å². The highest BCUT2D eigenvalue weighted by Gasteiger charge is 2.32. The summed E-state index contributed by atoms with van der Waals surface area (Å²) in [6.07, 6.45) is 8.55. The summed E-state index contributed by atoms with van der Waals surface area (Å²) in [5.74, 6) is 2.75. The van der Waals surface area contributed by atoms with E-state index in [1.54, 1.807) is 12.2 Å². The van der Waals surface area contributed by atoms with Crippen molar-refractivity contribution < 1.29 is 28.5 Å². The molecule has 8 nitrogen and oxygen atoms in total. The van der Waals surface area contributed by atoms with E-state index in [9.17, 15) is 9.59 Å². The third-order valence-corrected chi connectivity index (χ3v) is 6.00. The lowest BCUT2D eigenvalue weighted by Gasteiger charge is -2.18. The number of nitrogens with one attached hydrogen (secondary N) is 2. The number of rotatable bonds is 8. The molecule has 0 spiro atoms. The van der Waals surface area contributed by atoms with E-state index in [4.69, 9.17) is 18.9 Å². The summed E-state index contributed by atoms with van der Waals surface area (Å²) in [4.78, 5) is 24.9. The molecule has 0 saturated heterocycles. The van der Waals surface area contributed by atoms with Crippen molar-refractivity contribution in [2.75, 3.05) is 33.0 Å². The molecule has 2 heterocycles. The molecule has 182 valence electrons. The van der Waals surface area contributed by atoms with Gasteiger partial charge in [-0.2, -0.15) is 0 Å². The first kappa shape index (κ1) is 22.8. The molecule has 1 aliphatic carbocycles. The number of carbonyl (C=O) groups is 2. The summed E-state index contributed by atoms with van der Waals surface area (Å²) >= 11 is 0. The molecule has 2 amide bonds. The van der Waals surface area contributed by atoms with Crippen LogP contribution in [-0.4, -0.2) is 50.8 Å². The highest BCUT2D eigenvalue weighted by molar-refractivity contribution is 5.93. The molecule has 0 bridgehead atoms. The lowest BCUT2D eigenvalue weighted by atomic mass is 10.1. The molecule has 35 heavy (non-hydrogen) atoms. The number of fused-ring (bicyclic) bond motifs is 2. The average molecular weight is 477 g/mol. The van der Waals surface area contributed by atoms with Crippen LogP contribution in [0.15, 0.2) is 48.6 Å². The van der Waals surface area contributed by atoms with Gasteiger partial charge < -0.3 is 29.6 Å². The Labute approximate surface area is 203 Å². The Morgan fingerprint density at radius 2 is 1.29 bits per heavy atom. The minimum absolute atomic E-state index is 0.112. The first-order chi connectivity index (χ1) is 17.1. The minimum Gasteiger partial charge on any atom is -0.486 e. The Morgan fingerprint density at radius 3 is 1.83 bits per heavy atom. The molecule has 0 aromatic heterocycles. The molecule has 1 atom stereocenters. The number of hydrogen-bond donors (Lipinski definition) is 2. The fourth-order valence-electron chi connectivity index (χ4n) is 4.01. The molecule has 0 radical (unpaired) electrons. The Kier molecular flexibility index (Phi) is 6.88. The Balaban J connectivity index is 1.12. The highest BCUT2D eigenvalue weighted by Crippen LogP contribution is 2.33. The molecule has 2 N–H and O–H groups in total. The second-order valence-electron chi connectivity index (χ2n) is 8.67. The molecule has 0 unspecified atom stereocenters. The van der Waals surface area contributed by atoms with Crippen LogP contribution in [0.4, 0.5) is 0 Å². The third-order valence-electron chi connectivity index (χ3n) is 6.00. The molecule has 1 fully saturated rings. The van der Waals surface area contributed by atoms with Gasteiger partial charge in [0.25, 0.3) is 0 Å². The minimum atomic E-state index is -0.216. The summed E-state index contributed by atoms with van der Waals surface area (Å²) in [5.41, 5.74) is 1.70. The van der Waals surface area contributed by atoms with E-state index in [1.807, 2.05) is 36.4 Å². The zero-order valence-electron chi connectivity index (χ0n) is 19.3. The van der Waals surface area contributed by atoms with Gasteiger partial charge in [0.15, 0.2) is 23.0 Å². The molecule has 8 heteroatoms. The normalized spacial score (nSPS) is 17.3. The van der Waals surface area contributed by atoms with Crippen LogP contribution in [0.1, 0.15) is 24.0 Å². The first-order valence-electron chi connectivity index (χ1n) is 11.9. The molecular formula is C27H28N2O6. The summed E-state index contributed by atoms with van der Waals surface area (Å²) in [6.45, 7) is 2.48. The van der Waals surface area contributed by atoms with Crippen molar-refractivity contribution >= 4 is 24.0 Å². The van der Waals surface area contributed by atoms with Crippen LogP contribution in [0.3, 0.4) is 0 Å². The molecule has 3 aliphatic rings. The fourth-order valence-corrected chi connectivity index (χ4v) is 4.01. The van der Waals surface area contributed by atoms with E-state index < -0.39 is 0 Å². The summed E-state index contributed by atoms with van der Waals surface area (Å²) in [7, 11) is 0. The maximum absolute atomic E-state index is 12.5. The lowest BCUT2D eigenvalue weighted by molar-refractivity contribution is -0.119. The lowest BCUT2D eigenvalue weighted by Crippen LogP contribution is -2.44. The molecular weight excluding hydrogens is 448 g/mol. The van der Waals surface area contributed by atoms with Crippen molar-refractivity contribution in [3.63, 3.8) is 0 Å². The van der Waals surface area contributed by atoms with Gasteiger partial charge in [-0.15, -0.1) is 0 Å². The average Bonchev–Trinajstić information content (AvgIpc) is 3.74. The van der Waals surface area contributed by atoms with E-state index in [-0.39, 0.29) is 17.9 Å². The van der Waals surface area contributed by atoms with Gasteiger partial charge >= 0.3 is 0 Å². The first-order valence-corrected chi connectivity index (χ1v) is 11.9. The Hall–Kier alpha value is -3.94. The van der Waals surface area contributed by atoms with E-state index in [1.165, 1.54) is 12.2 Å². The van der Waals surface area contributed by atoms with Crippen molar-refractivity contribution in [2.24, 2.45) is 5.92 Å². The van der Waals surface area contributed by atoms with Gasteiger partial charge in [0.1, 0.15) is 26.4 Å². The SMILES string of the molecule is O=C(/C=C/c1ccc2c(c1)OCCO2)NC[C@@H](NC(=O)/C=C/c1ccc2c(c1)OCCO2)C1CC1. The molecule has 1 saturated carbocycles. The predicted octanol–water partition coefficient (Wildman–Crippen LogP) is 2.97. The summed E-state index contributed by atoms with van der Waals surface area (Å²) in [5, 5.41) is 5.92. The quantitative estimate of drug-likeness (QED) is 0.569. The van der Waals surface area contributed by atoms with Crippen molar-refractivity contribution in [1.82, 2.24) is 10.6 Å². The van der Waals surface area contributed by atoms with Crippen molar-refractivity contribution in [1.29, 1.82) is 0 Å². The van der Waals surface area contributed by atoms with E-state index in [0.29, 0.717) is 61.9 Å². The van der Waals surface area contributed by atoms with Crippen LogP contribution in [0.2, 0.25) is 0 Å². The number of benzene rings is 2. The maximum atomic E-state index is 12.5. The number of carbonyl (C=O) groups excluding carboxylic acids is 2. The van der Waals surface area contributed by atoms with Crippen LogP contribution < -0.4 is 29.6 Å². The third kappa shape index (κ3) is 6.15. The smallest absolute Gasteiger partial charge is 0.244 e. The monoisotopic (exact) mass is 476 g/mol. The van der Waals surface area contributed by atoms with Gasteiger partial charge in [-0.1, -0.05) is 12.1 Å². The van der Waals surface area contributed by atoms with Crippen molar-refractivity contribution in [3.05, 3.63) is 59.7 Å². The number of ether oxygens (including phenoxy) is 4. The van der Waals surface area contributed by atoms with E-state index in [2.05, 4.69) is 10.6 Å². The predicted molar refractivity (Wildman–Crippen MR) is 131 cm³/mol. The summed E-state index contributed by atoms with van der Waals surface area (Å²) < 4.78 is 22.2. The van der Waals surface area contributed by atoms with Crippen molar-refractivity contribution in [2.45, 2.75) is 18.9 Å². The standard InChI is InChI=1S/C27H28N2O6/c30-26(9-3-18-1-7-22-24(15-18)34-13-11-32-22)28-17-21(20-5-6-20)29-27(31)10-4-19-2-8-23-25(16-19)35-14-12-33-23/h1-4,7-10,15-16,20-21H,5-6,11-14,17H2,(H,28,30)(H,29,31)/b9-3+,10-4+/t21-/m1/s1. The van der Waals surface area contributed by atoms with Gasteiger partial charge in [-0.3, -0.25) is 9.59 Å². The highest BCUT2D eigenvalue weighted by atomic mass is 16.6. The van der Waals surface area contributed by atoms with Gasteiger partial charge in [-0.25, -0.2) is 0 Å². The molecule has 2 aromatic carbocycles. The van der Waals surface area contributed by atoms with Crippen LogP contribution in [0, 0.1) is 5.92 Å². The molecule has 2 aliphatic heterocycles. The van der Waals surface area contributed by atoms with E-state index >= 15 is 0 Å². The largest absolute Gasteiger partial charge is 0.486 e. The van der Waals surface area contributed by atoms with Crippen molar-refractivity contribution in [3.8, 4) is 23.0 Å². The topological polar surface area (TPSA) is 95.1 Å². The summed E-state index contributed by atoms with van der Waals surface area (Å²) in [6, 6.07) is 11.0. The van der Waals surface area contributed by atoms with Crippen LogP contribution in [0.5, 0.6) is 23.0 Å². The molecule has 5 rings (SSSR count). The zero-order valence-corrected chi connectivity index (χ0v) is 19.3. The fraction of sp³-hybridized carbons (Fsp3) is 0.333. The van der Waals surface area contributed by atoms with Crippen LogP contribution >= 0.6 is 0 Å². The van der Waals surface area contributed by atoms with Gasteiger partial charge in [0.05, 0.1) is 0 Å². The second-order valence-corrected chi connectivity index (χ2v) is 8.67.